The topological polar surface area (TPSA) is 102 Å². The van der Waals surface area contributed by atoms with Gasteiger partial charge in [-0.05, 0) is 83.1 Å². The van der Waals surface area contributed by atoms with E-state index in [0.29, 0.717) is 58.7 Å². The first-order chi connectivity index (χ1) is 18.5. The van der Waals surface area contributed by atoms with Crippen LogP contribution in [0, 0.1) is 0 Å². The highest BCUT2D eigenvalue weighted by molar-refractivity contribution is 6.60. The molecule has 1 N–H and O–H groups in total. The Bertz CT molecular complexity index is 771. The molecule has 0 aliphatic heterocycles. The van der Waals surface area contributed by atoms with Crippen LogP contribution in [0.15, 0.2) is 30.3 Å². The highest BCUT2D eigenvalue weighted by Crippen LogP contribution is 2.18. The van der Waals surface area contributed by atoms with Gasteiger partial charge in [0.1, 0.15) is 5.75 Å². The quantitative estimate of drug-likeness (QED) is 0.0837. The zero-order valence-electron chi connectivity index (χ0n) is 23.6. The van der Waals surface area contributed by atoms with Crippen molar-refractivity contribution < 1.29 is 37.1 Å². The van der Waals surface area contributed by atoms with Crippen molar-refractivity contribution in [3.05, 3.63) is 35.9 Å². The number of amides is 1. The fourth-order valence-corrected chi connectivity index (χ4v) is 6.16. The van der Waals surface area contributed by atoms with Gasteiger partial charge in [0.05, 0.1) is 19.8 Å². The maximum atomic E-state index is 11.9. The largest absolute Gasteiger partial charge is 0.500 e. The van der Waals surface area contributed by atoms with Gasteiger partial charge in [0.25, 0.3) is 0 Å². The zero-order chi connectivity index (χ0) is 27.9. The van der Waals surface area contributed by atoms with E-state index in [1.54, 1.807) is 6.08 Å². The number of rotatable bonds is 22. The number of hydrogen-bond donors (Lipinski definition) is 1. The first kappa shape index (κ1) is 33.6. The van der Waals surface area contributed by atoms with Crippen LogP contribution in [0.5, 0.6) is 5.75 Å². The first-order valence-corrected chi connectivity index (χ1v) is 15.8. The predicted molar refractivity (Wildman–Crippen MR) is 150 cm³/mol. The molecule has 216 valence electrons. The minimum Gasteiger partial charge on any atom is -0.494 e. The molecule has 0 heterocycles. The van der Waals surface area contributed by atoms with Crippen LogP contribution >= 0.6 is 0 Å². The van der Waals surface area contributed by atoms with Crippen molar-refractivity contribution in [3.8, 4) is 5.75 Å². The number of nitrogens with one attached hydrogen (secondary N) is 1. The summed E-state index contributed by atoms with van der Waals surface area (Å²) in [7, 11) is -2.68. The molecule has 9 nitrogen and oxygen atoms in total. The summed E-state index contributed by atoms with van der Waals surface area (Å²) in [5.74, 6) is 0.458. The molecule has 0 aliphatic rings. The van der Waals surface area contributed by atoms with Crippen molar-refractivity contribution >= 4 is 26.9 Å². The van der Waals surface area contributed by atoms with Gasteiger partial charge in [-0.2, -0.15) is 0 Å². The van der Waals surface area contributed by atoms with E-state index in [1.165, 1.54) is 6.08 Å². The molecular formula is C28H47NO8Si. The number of carbonyl (C=O) groups excluding carboxylic acids is 2. The van der Waals surface area contributed by atoms with E-state index in [2.05, 4.69) is 12.2 Å². The van der Waals surface area contributed by atoms with Gasteiger partial charge in [0, 0.05) is 38.5 Å². The highest BCUT2D eigenvalue weighted by atomic mass is 28.4. The van der Waals surface area contributed by atoms with Gasteiger partial charge in [0.2, 0.25) is 0 Å². The van der Waals surface area contributed by atoms with Crippen molar-refractivity contribution in [1.29, 1.82) is 0 Å². The molecule has 0 fully saturated rings. The lowest BCUT2D eigenvalue weighted by Crippen LogP contribution is -2.46. The van der Waals surface area contributed by atoms with Crippen molar-refractivity contribution in [3.63, 3.8) is 0 Å². The third-order valence-corrected chi connectivity index (χ3v) is 8.45. The van der Waals surface area contributed by atoms with E-state index in [4.69, 9.17) is 27.5 Å². The third kappa shape index (κ3) is 15.8. The summed E-state index contributed by atoms with van der Waals surface area (Å²) in [4.78, 5) is 23.8. The number of alkyl carbamates (subject to hydrolysis) is 1. The summed E-state index contributed by atoms with van der Waals surface area (Å²) in [6, 6.07) is 8.21. The zero-order valence-corrected chi connectivity index (χ0v) is 24.6. The molecule has 0 unspecified atom stereocenters. The second-order valence-corrected chi connectivity index (χ2v) is 11.2. The summed E-state index contributed by atoms with van der Waals surface area (Å²) in [6.07, 6.45) is 7.68. The lowest BCUT2D eigenvalue weighted by Gasteiger charge is -2.28. The summed E-state index contributed by atoms with van der Waals surface area (Å²) in [5.41, 5.74) is 0.909. The van der Waals surface area contributed by atoms with E-state index in [9.17, 15) is 9.59 Å². The number of carbonyl (C=O) groups is 2. The van der Waals surface area contributed by atoms with Crippen LogP contribution in [-0.4, -0.2) is 67.1 Å². The Hall–Kier alpha value is -2.40. The molecule has 0 bridgehead atoms. The normalized spacial score (nSPS) is 11.5. The van der Waals surface area contributed by atoms with Gasteiger partial charge in [0.15, 0.2) is 0 Å². The van der Waals surface area contributed by atoms with E-state index >= 15 is 0 Å². The van der Waals surface area contributed by atoms with Crippen LogP contribution in [0.4, 0.5) is 4.79 Å². The van der Waals surface area contributed by atoms with Crippen molar-refractivity contribution in [2.45, 2.75) is 72.3 Å². The third-order valence-electron chi connectivity index (χ3n) is 5.30. The fraction of sp³-hybridized carbons (Fsp3) is 0.643. The number of esters is 1. The van der Waals surface area contributed by atoms with Crippen LogP contribution < -0.4 is 10.1 Å². The molecule has 10 heteroatoms. The molecule has 0 spiro atoms. The molecule has 1 rings (SSSR count). The molecule has 0 aliphatic carbocycles. The summed E-state index contributed by atoms with van der Waals surface area (Å²) in [6.45, 7) is 11.3. The van der Waals surface area contributed by atoms with E-state index in [-0.39, 0.29) is 5.97 Å². The maximum Gasteiger partial charge on any atom is 0.500 e. The fourth-order valence-electron chi connectivity index (χ4n) is 3.55. The molecule has 0 radical (unpaired) electrons. The Kier molecular flexibility index (Phi) is 19.0. The van der Waals surface area contributed by atoms with Gasteiger partial charge in [-0.25, -0.2) is 9.59 Å². The molecule has 0 aromatic heterocycles. The van der Waals surface area contributed by atoms with Gasteiger partial charge in [-0.15, -0.1) is 0 Å². The number of benzene rings is 1. The summed E-state index contributed by atoms with van der Waals surface area (Å²) in [5, 5.41) is 2.76. The van der Waals surface area contributed by atoms with Gasteiger partial charge >= 0.3 is 20.9 Å². The average Bonchev–Trinajstić information content (AvgIpc) is 2.91. The van der Waals surface area contributed by atoms with E-state index < -0.39 is 14.9 Å². The standard InChI is InChI=1S/C28H47NO8Si/c1-5-21-32-26-17-14-25(15-18-26)16-19-27(30)33-22-11-9-10-12-23-34-28(31)29-20-13-24-38(35-6-2,36-7-3)37-8-4/h14-19H,5-13,20-24H2,1-4H3,(H,29,31)/b19-16+. The second kappa shape index (κ2) is 21.5. The average molecular weight is 554 g/mol. The molecule has 0 atom stereocenters. The van der Waals surface area contributed by atoms with Gasteiger partial charge < -0.3 is 32.8 Å². The van der Waals surface area contributed by atoms with Crippen molar-refractivity contribution in [1.82, 2.24) is 5.32 Å². The Balaban J connectivity index is 2.07. The summed E-state index contributed by atoms with van der Waals surface area (Å²) < 4.78 is 33.4. The van der Waals surface area contributed by atoms with Crippen LogP contribution in [0.3, 0.4) is 0 Å². The number of ether oxygens (including phenoxy) is 3. The molecule has 0 saturated carbocycles. The summed E-state index contributed by atoms with van der Waals surface area (Å²) >= 11 is 0. The highest BCUT2D eigenvalue weighted by Gasteiger charge is 2.39. The van der Waals surface area contributed by atoms with E-state index in [0.717, 1.165) is 43.4 Å². The molecule has 38 heavy (non-hydrogen) atoms. The Labute approximate surface area is 229 Å². The minimum absolute atomic E-state index is 0.353. The molecule has 1 aromatic carbocycles. The van der Waals surface area contributed by atoms with Gasteiger partial charge in [-0.1, -0.05) is 19.1 Å². The molecule has 0 saturated heterocycles. The Morgan fingerprint density at radius 2 is 1.39 bits per heavy atom. The maximum absolute atomic E-state index is 11.9. The lowest BCUT2D eigenvalue weighted by molar-refractivity contribution is -0.137. The molecule has 1 aromatic rings. The van der Waals surface area contributed by atoms with Crippen molar-refractivity contribution in [2.75, 3.05) is 46.2 Å². The van der Waals surface area contributed by atoms with Crippen LogP contribution in [0.2, 0.25) is 6.04 Å². The predicted octanol–water partition coefficient (Wildman–Crippen LogP) is 5.76. The Morgan fingerprint density at radius 1 is 0.789 bits per heavy atom. The monoisotopic (exact) mass is 553 g/mol. The van der Waals surface area contributed by atoms with E-state index in [1.807, 2.05) is 45.0 Å². The first-order valence-electron chi connectivity index (χ1n) is 13.9. The van der Waals surface area contributed by atoms with Crippen LogP contribution in [-0.2, 0) is 27.5 Å². The van der Waals surface area contributed by atoms with Crippen LogP contribution in [0.1, 0.15) is 71.8 Å². The Morgan fingerprint density at radius 3 is 1.97 bits per heavy atom. The smallest absolute Gasteiger partial charge is 0.494 e. The van der Waals surface area contributed by atoms with Crippen molar-refractivity contribution in [2.24, 2.45) is 0 Å². The second-order valence-electron chi connectivity index (χ2n) is 8.48. The van der Waals surface area contributed by atoms with Crippen LogP contribution in [0.25, 0.3) is 6.08 Å². The molecular weight excluding hydrogens is 506 g/mol. The number of unbranched alkanes of at least 4 members (excludes halogenated alkanes) is 3. The SMILES string of the molecule is CCCOc1ccc(/C=C/C(=O)OCCCCCCOC(=O)NCCC[Si](OCC)(OCC)OCC)cc1. The van der Waals surface area contributed by atoms with Gasteiger partial charge in [-0.3, -0.25) is 0 Å². The lowest BCUT2D eigenvalue weighted by atomic mass is 10.2. The number of hydrogen-bond acceptors (Lipinski definition) is 8. The minimum atomic E-state index is -2.68. The molecule has 1 amide bonds.